The Morgan fingerprint density at radius 3 is 2.16 bits per heavy atom. The van der Waals surface area contributed by atoms with Crippen LogP contribution in [0.3, 0.4) is 0 Å². The number of nitrogens with zero attached hydrogens (tertiary/aromatic N) is 3. The van der Waals surface area contributed by atoms with Gasteiger partial charge in [0.15, 0.2) is 5.17 Å². The number of carbonyl (C=O) groups excluding carboxylic acids is 1. The maximum atomic E-state index is 13.4. The number of benzene rings is 4. The lowest BCUT2D eigenvalue weighted by atomic mass is 10.2. The molecule has 1 heterocycles. The van der Waals surface area contributed by atoms with Crippen molar-refractivity contribution in [2.75, 3.05) is 4.90 Å². The van der Waals surface area contributed by atoms with Crippen LogP contribution in [0.5, 0.6) is 5.75 Å². The number of anilines is 1. The molecule has 0 spiro atoms. The van der Waals surface area contributed by atoms with E-state index in [9.17, 15) is 14.9 Å². The molecule has 1 fully saturated rings. The highest BCUT2D eigenvalue weighted by atomic mass is 32.2. The highest BCUT2D eigenvalue weighted by molar-refractivity contribution is 8.19. The number of carbonyl (C=O) groups is 1. The molecule has 0 radical (unpaired) electrons. The van der Waals surface area contributed by atoms with E-state index >= 15 is 0 Å². The molecule has 0 aliphatic carbocycles. The van der Waals surface area contributed by atoms with Crippen molar-refractivity contribution in [1.29, 1.82) is 0 Å². The van der Waals surface area contributed by atoms with E-state index in [-0.39, 0.29) is 18.2 Å². The molecule has 0 N–H and O–H groups in total. The summed E-state index contributed by atoms with van der Waals surface area (Å²) in [6, 6.07) is 32.7. The topological polar surface area (TPSA) is 85.0 Å². The van der Waals surface area contributed by atoms with Crippen molar-refractivity contribution in [2.45, 2.75) is 6.61 Å². The fourth-order valence-electron chi connectivity index (χ4n) is 3.66. The summed E-state index contributed by atoms with van der Waals surface area (Å²) in [6.45, 7) is 0.290. The SMILES string of the molecule is O=C1/C(=C\c2ccc(OCc3ccc([N+](=O)[O-])cc3)cc2)SC(=Nc2ccccc2)N1c1ccccc1. The van der Waals surface area contributed by atoms with E-state index in [1.165, 1.54) is 23.9 Å². The van der Waals surface area contributed by atoms with Crippen LogP contribution in [0.15, 0.2) is 119 Å². The van der Waals surface area contributed by atoms with Crippen molar-refractivity contribution < 1.29 is 14.5 Å². The summed E-state index contributed by atoms with van der Waals surface area (Å²) < 4.78 is 5.81. The van der Waals surface area contributed by atoms with Crippen molar-refractivity contribution in [2.24, 2.45) is 4.99 Å². The number of ether oxygens (including phenoxy) is 1. The van der Waals surface area contributed by atoms with E-state index in [0.29, 0.717) is 15.8 Å². The number of para-hydroxylation sites is 2. The summed E-state index contributed by atoms with van der Waals surface area (Å²) in [4.78, 5) is 30.7. The first-order valence-corrected chi connectivity index (χ1v) is 12.3. The number of nitro groups is 1. The van der Waals surface area contributed by atoms with Gasteiger partial charge in [0.1, 0.15) is 12.4 Å². The second-order valence-corrected chi connectivity index (χ2v) is 9.11. The molecule has 0 unspecified atom stereocenters. The predicted octanol–water partition coefficient (Wildman–Crippen LogP) is 6.98. The molecule has 7 nitrogen and oxygen atoms in total. The molecule has 1 amide bonds. The van der Waals surface area contributed by atoms with Gasteiger partial charge in [-0.05, 0) is 77.5 Å². The lowest BCUT2D eigenvalue weighted by Crippen LogP contribution is -2.28. The lowest BCUT2D eigenvalue weighted by Gasteiger charge is -2.15. The van der Waals surface area contributed by atoms with Gasteiger partial charge in [-0.3, -0.25) is 19.8 Å². The summed E-state index contributed by atoms with van der Waals surface area (Å²) in [5, 5.41) is 11.4. The summed E-state index contributed by atoms with van der Waals surface area (Å²) in [7, 11) is 0. The van der Waals surface area contributed by atoms with Gasteiger partial charge >= 0.3 is 0 Å². The van der Waals surface area contributed by atoms with Crippen molar-refractivity contribution in [1.82, 2.24) is 0 Å². The van der Waals surface area contributed by atoms with Crippen molar-refractivity contribution >= 4 is 46.0 Å². The van der Waals surface area contributed by atoms with Gasteiger partial charge in [-0.15, -0.1) is 0 Å². The molecule has 0 atom stereocenters. The number of amidine groups is 1. The molecular formula is C29H21N3O4S. The van der Waals surface area contributed by atoms with Gasteiger partial charge in [0.25, 0.3) is 11.6 Å². The molecule has 1 aliphatic rings. The third-order valence-electron chi connectivity index (χ3n) is 5.53. The zero-order valence-corrected chi connectivity index (χ0v) is 20.4. The Kier molecular flexibility index (Phi) is 7.09. The Bertz CT molecular complexity index is 1470. The fraction of sp³-hybridized carbons (Fsp3) is 0.0345. The standard InChI is InChI=1S/C29H21N3O4S/c33-28-27(37-29(30-23-7-3-1-4-8-23)31(28)24-9-5-2-6-10-24)19-21-13-17-26(18-14-21)36-20-22-11-15-25(16-12-22)32(34)35/h1-19H,20H2/b27-19+,30-29?. The van der Waals surface area contributed by atoms with Crippen LogP contribution in [0.25, 0.3) is 6.08 Å². The maximum Gasteiger partial charge on any atom is 0.271 e. The summed E-state index contributed by atoms with van der Waals surface area (Å²) in [5.74, 6) is 0.521. The van der Waals surface area contributed by atoms with Crippen LogP contribution in [0, 0.1) is 10.1 Å². The van der Waals surface area contributed by atoms with Gasteiger partial charge in [0, 0.05) is 12.1 Å². The zero-order chi connectivity index (χ0) is 25.6. The van der Waals surface area contributed by atoms with Crippen molar-refractivity contribution in [3.63, 3.8) is 0 Å². The number of aliphatic imine (C=N–C) groups is 1. The van der Waals surface area contributed by atoms with Gasteiger partial charge in [0.05, 0.1) is 21.2 Å². The molecule has 8 heteroatoms. The first-order valence-electron chi connectivity index (χ1n) is 11.5. The van der Waals surface area contributed by atoms with E-state index in [4.69, 9.17) is 9.73 Å². The van der Waals surface area contributed by atoms with Crippen LogP contribution in [-0.2, 0) is 11.4 Å². The maximum absolute atomic E-state index is 13.4. The van der Waals surface area contributed by atoms with Crippen LogP contribution >= 0.6 is 11.8 Å². The molecule has 0 bridgehead atoms. The predicted molar refractivity (Wildman–Crippen MR) is 147 cm³/mol. The quantitative estimate of drug-likeness (QED) is 0.153. The third-order valence-corrected chi connectivity index (χ3v) is 6.50. The second-order valence-electron chi connectivity index (χ2n) is 8.10. The lowest BCUT2D eigenvalue weighted by molar-refractivity contribution is -0.384. The van der Waals surface area contributed by atoms with Gasteiger partial charge in [-0.1, -0.05) is 48.5 Å². The summed E-state index contributed by atoms with van der Waals surface area (Å²) >= 11 is 1.33. The first kappa shape index (κ1) is 24.0. The Balaban J connectivity index is 1.33. The molecule has 1 aliphatic heterocycles. The summed E-state index contributed by atoms with van der Waals surface area (Å²) in [5.41, 5.74) is 3.26. The van der Waals surface area contributed by atoms with Crippen LogP contribution in [0.2, 0.25) is 0 Å². The normalized spacial score (nSPS) is 15.4. The van der Waals surface area contributed by atoms with Crippen molar-refractivity contribution in [3.8, 4) is 5.75 Å². The highest BCUT2D eigenvalue weighted by Gasteiger charge is 2.34. The first-order chi connectivity index (χ1) is 18.1. The van der Waals surface area contributed by atoms with E-state index in [1.54, 1.807) is 17.0 Å². The van der Waals surface area contributed by atoms with Crippen LogP contribution in [-0.4, -0.2) is 16.0 Å². The molecule has 0 saturated carbocycles. The largest absolute Gasteiger partial charge is 0.489 e. The molecule has 1 saturated heterocycles. The number of hydrogen-bond donors (Lipinski definition) is 0. The Morgan fingerprint density at radius 1 is 0.865 bits per heavy atom. The number of non-ortho nitro benzene ring substituents is 1. The average Bonchev–Trinajstić information content (AvgIpc) is 3.23. The molecule has 5 rings (SSSR count). The molecule has 182 valence electrons. The van der Waals surface area contributed by atoms with E-state index in [2.05, 4.69) is 0 Å². The van der Waals surface area contributed by atoms with Gasteiger partial charge in [-0.2, -0.15) is 0 Å². The molecular weight excluding hydrogens is 486 g/mol. The summed E-state index contributed by atoms with van der Waals surface area (Å²) in [6.07, 6.45) is 1.84. The molecule has 0 aromatic heterocycles. The van der Waals surface area contributed by atoms with Crippen LogP contribution in [0.1, 0.15) is 11.1 Å². The number of hydrogen-bond acceptors (Lipinski definition) is 6. The molecule has 4 aromatic rings. The Hall–Kier alpha value is -4.69. The van der Waals surface area contributed by atoms with E-state index < -0.39 is 4.92 Å². The van der Waals surface area contributed by atoms with E-state index in [1.807, 2.05) is 91.0 Å². The van der Waals surface area contributed by atoms with Gasteiger partial charge < -0.3 is 4.74 Å². The minimum absolute atomic E-state index is 0.0447. The van der Waals surface area contributed by atoms with Crippen LogP contribution < -0.4 is 9.64 Å². The average molecular weight is 508 g/mol. The monoisotopic (exact) mass is 507 g/mol. The number of rotatable bonds is 7. The van der Waals surface area contributed by atoms with Gasteiger partial charge in [0.2, 0.25) is 0 Å². The third kappa shape index (κ3) is 5.76. The van der Waals surface area contributed by atoms with Gasteiger partial charge in [-0.25, -0.2) is 4.99 Å². The number of thioether (sulfide) groups is 1. The Morgan fingerprint density at radius 2 is 1.51 bits per heavy atom. The smallest absolute Gasteiger partial charge is 0.271 e. The number of amides is 1. The van der Waals surface area contributed by atoms with E-state index in [0.717, 1.165) is 22.5 Å². The second kappa shape index (κ2) is 10.9. The molecule has 4 aromatic carbocycles. The number of nitro benzene ring substituents is 1. The van der Waals surface area contributed by atoms with Crippen LogP contribution in [0.4, 0.5) is 17.1 Å². The molecule has 37 heavy (non-hydrogen) atoms. The fourth-order valence-corrected chi connectivity index (χ4v) is 4.66. The van der Waals surface area contributed by atoms with Crippen molar-refractivity contribution in [3.05, 3.63) is 135 Å². The highest BCUT2D eigenvalue weighted by Crippen LogP contribution is 2.37. The minimum Gasteiger partial charge on any atom is -0.489 e. The minimum atomic E-state index is -0.430. The zero-order valence-electron chi connectivity index (χ0n) is 19.6. The Labute approximate surface area is 217 Å².